The van der Waals surface area contributed by atoms with Gasteiger partial charge >= 0.3 is 5.09 Å². The van der Waals surface area contributed by atoms with Gasteiger partial charge in [0.15, 0.2) is 0 Å². The van der Waals surface area contributed by atoms with Crippen LogP contribution >= 0.6 is 0 Å². The summed E-state index contributed by atoms with van der Waals surface area (Å²) in [6.45, 7) is 0. The maximum absolute atomic E-state index is 10.2. The molecule has 0 unspecified atom stereocenters. The Hall–Kier alpha value is -2.69. The summed E-state index contributed by atoms with van der Waals surface area (Å²) in [6.07, 6.45) is 5.21. The lowest BCUT2D eigenvalue weighted by Crippen LogP contribution is -2.04. The number of aromatic nitrogens is 1. The van der Waals surface area contributed by atoms with E-state index in [1.54, 1.807) is 6.07 Å². The van der Waals surface area contributed by atoms with E-state index in [0.717, 1.165) is 11.1 Å². The number of pyridine rings is 1. The Morgan fingerprint density at radius 1 is 1.11 bits per heavy atom. The van der Waals surface area contributed by atoms with Gasteiger partial charge in [0, 0.05) is 6.20 Å². The molecule has 0 saturated heterocycles. The molecular weight excluding hydrogens is 232 g/mol. The molecule has 5 nitrogen and oxygen atoms in total. The first-order chi connectivity index (χ1) is 8.74. The highest BCUT2D eigenvalue weighted by molar-refractivity contribution is 5.69. The third-order valence-electron chi connectivity index (χ3n) is 2.19. The maximum atomic E-state index is 10.2. The minimum absolute atomic E-state index is 0.0322. The Morgan fingerprint density at radius 3 is 2.56 bits per heavy atom. The van der Waals surface area contributed by atoms with Crippen LogP contribution in [0.2, 0.25) is 0 Å². The molecule has 1 aromatic heterocycles. The van der Waals surface area contributed by atoms with Gasteiger partial charge in [-0.1, -0.05) is 42.5 Å². The normalized spacial score (nSPS) is 10.4. The fourth-order valence-corrected chi connectivity index (χ4v) is 1.41. The highest BCUT2D eigenvalue weighted by atomic mass is 17.0. The first-order valence-electron chi connectivity index (χ1n) is 5.25. The fraction of sp³-hybridized carbons (Fsp3) is 0. The monoisotopic (exact) mass is 242 g/mol. The van der Waals surface area contributed by atoms with Crippen LogP contribution in [0, 0.1) is 10.1 Å². The van der Waals surface area contributed by atoms with Crippen molar-refractivity contribution in [2.75, 3.05) is 0 Å². The van der Waals surface area contributed by atoms with E-state index in [9.17, 15) is 10.1 Å². The summed E-state index contributed by atoms with van der Waals surface area (Å²) in [6, 6.07) is 13.0. The van der Waals surface area contributed by atoms with Crippen LogP contribution in [0.15, 0.2) is 48.7 Å². The standard InChI is InChI=1S/C13H10N2O3/c16-15(17)18-13-10-12(8-9-14-13)7-6-11-4-2-1-3-5-11/h1-10H/b7-6+. The zero-order chi connectivity index (χ0) is 12.8. The SMILES string of the molecule is O=[N+]([O-])Oc1cc(/C=C/c2ccccc2)ccn1. The molecule has 0 aliphatic heterocycles. The molecule has 0 atom stereocenters. The minimum Gasteiger partial charge on any atom is -0.256 e. The third-order valence-corrected chi connectivity index (χ3v) is 2.19. The Bertz CT molecular complexity index is 567. The maximum Gasteiger partial charge on any atom is 0.301 e. The molecule has 18 heavy (non-hydrogen) atoms. The lowest BCUT2D eigenvalue weighted by atomic mass is 10.1. The van der Waals surface area contributed by atoms with E-state index in [1.165, 1.54) is 12.3 Å². The largest absolute Gasteiger partial charge is 0.301 e. The van der Waals surface area contributed by atoms with Gasteiger partial charge in [-0.3, -0.25) is 4.84 Å². The van der Waals surface area contributed by atoms with Crippen LogP contribution in [0.5, 0.6) is 5.88 Å². The van der Waals surface area contributed by atoms with E-state index in [1.807, 2.05) is 42.5 Å². The lowest BCUT2D eigenvalue weighted by Gasteiger charge is -1.98. The van der Waals surface area contributed by atoms with Crippen molar-refractivity contribution >= 4 is 12.2 Å². The molecule has 0 radical (unpaired) electrons. The summed E-state index contributed by atoms with van der Waals surface area (Å²) in [5, 5.41) is 9.30. The predicted molar refractivity (Wildman–Crippen MR) is 67.2 cm³/mol. The van der Waals surface area contributed by atoms with Crippen LogP contribution in [0.25, 0.3) is 12.2 Å². The topological polar surface area (TPSA) is 65.3 Å². The average molecular weight is 242 g/mol. The summed E-state index contributed by atoms with van der Waals surface area (Å²) >= 11 is 0. The van der Waals surface area contributed by atoms with Gasteiger partial charge in [-0.05, 0) is 23.3 Å². The molecular formula is C13H10N2O3. The summed E-state index contributed by atoms with van der Waals surface area (Å²) in [7, 11) is 0. The molecule has 1 heterocycles. The van der Waals surface area contributed by atoms with Crippen molar-refractivity contribution in [3.63, 3.8) is 0 Å². The summed E-state index contributed by atoms with van der Waals surface area (Å²) in [5.41, 5.74) is 1.83. The van der Waals surface area contributed by atoms with Crippen molar-refractivity contribution in [3.05, 3.63) is 69.9 Å². The molecule has 2 rings (SSSR count). The molecule has 0 fully saturated rings. The number of benzene rings is 1. The van der Waals surface area contributed by atoms with Crippen LogP contribution < -0.4 is 4.84 Å². The Kier molecular flexibility index (Phi) is 3.66. The number of hydrogen-bond donors (Lipinski definition) is 0. The average Bonchev–Trinajstić information content (AvgIpc) is 2.37. The van der Waals surface area contributed by atoms with Gasteiger partial charge in [0.2, 0.25) is 5.88 Å². The van der Waals surface area contributed by atoms with Gasteiger partial charge in [0.1, 0.15) is 0 Å². The second-order valence-corrected chi connectivity index (χ2v) is 3.49. The van der Waals surface area contributed by atoms with E-state index < -0.39 is 5.09 Å². The molecule has 2 aromatic rings. The minimum atomic E-state index is -0.882. The summed E-state index contributed by atoms with van der Waals surface area (Å²) in [4.78, 5) is 18.2. The molecule has 5 heteroatoms. The molecule has 0 N–H and O–H groups in total. The van der Waals surface area contributed by atoms with E-state index >= 15 is 0 Å². The van der Waals surface area contributed by atoms with Gasteiger partial charge < -0.3 is 0 Å². The smallest absolute Gasteiger partial charge is 0.256 e. The Balaban J connectivity index is 2.14. The van der Waals surface area contributed by atoms with Crippen LogP contribution in [0.4, 0.5) is 0 Å². The van der Waals surface area contributed by atoms with Crippen molar-refractivity contribution in [3.8, 4) is 5.88 Å². The molecule has 1 aromatic carbocycles. The van der Waals surface area contributed by atoms with Gasteiger partial charge in [0.05, 0.1) is 0 Å². The van der Waals surface area contributed by atoms with Gasteiger partial charge in [-0.15, -0.1) is 10.1 Å². The van der Waals surface area contributed by atoms with Gasteiger partial charge in [0.25, 0.3) is 0 Å². The van der Waals surface area contributed by atoms with E-state index in [2.05, 4.69) is 9.82 Å². The van der Waals surface area contributed by atoms with E-state index in [-0.39, 0.29) is 5.88 Å². The Morgan fingerprint density at radius 2 is 1.83 bits per heavy atom. The highest BCUT2D eigenvalue weighted by Crippen LogP contribution is 2.12. The number of rotatable bonds is 4. The van der Waals surface area contributed by atoms with Crippen molar-refractivity contribution in [2.45, 2.75) is 0 Å². The number of nitrogens with zero attached hydrogens (tertiary/aromatic N) is 2. The second kappa shape index (κ2) is 5.58. The summed E-state index contributed by atoms with van der Waals surface area (Å²) < 4.78 is 0. The van der Waals surface area contributed by atoms with Crippen LogP contribution in [0.1, 0.15) is 11.1 Å². The second-order valence-electron chi connectivity index (χ2n) is 3.49. The molecule has 0 bridgehead atoms. The van der Waals surface area contributed by atoms with Crippen molar-refractivity contribution in [1.82, 2.24) is 4.98 Å². The zero-order valence-corrected chi connectivity index (χ0v) is 9.39. The van der Waals surface area contributed by atoms with Crippen molar-refractivity contribution in [2.24, 2.45) is 0 Å². The number of hydrogen-bond acceptors (Lipinski definition) is 4. The zero-order valence-electron chi connectivity index (χ0n) is 9.39. The van der Waals surface area contributed by atoms with Crippen molar-refractivity contribution < 1.29 is 9.92 Å². The van der Waals surface area contributed by atoms with E-state index in [0.29, 0.717) is 0 Å². The van der Waals surface area contributed by atoms with Crippen molar-refractivity contribution in [1.29, 1.82) is 0 Å². The highest BCUT2D eigenvalue weighted by Gasteiger charge is 2.00. The molecule has 0 aliphatic carbocycles. The molecule has 0 aliphatic rings. The third kappa shape index (κ3) is 3.41. The summed E-state index contributed by atoms with van der Waals surface area (Å²) in [5.74, 6) is -0.0322. The quantitative estimate of drug-likeness (QED) is 0.610. The van der Waals surface area contributed by atoms with E-state index in [4.69, 9.17) is 0 Å². The van der Waals surface area contributed by atoms with Crippen LogP contribution in [-0.4, -0.2) is 10.1 Å². The van der Waals surface area contributed by atoms with Crippen LogP contribution in [0.3, 0.4) is 0 Å². The first kappa shape index (κ1) is 11.8. The predicted octanol–water partition coefficient (Wildman–Crippen LogP) is 2.82. The molecule has 0 saturated carbocycles. The first-order valence-corrected chi connectivity index (χ1v) is 5.25. The Labute approximate surface area is 103 Å². The molecule has 90 valence electrons. The fourth-order valence-electron chi connectivity index (χ4n) is 1.41. The van der Waals surface area contributed by atoms with Crippen LogP contribution in [-0.2, 0) is 0 Å². The van der Waals surface area contributed by atoms with Gasteiger partial charge in [-0.2, -0.15) is 0 Å². The van der Waals surface area contributed by atoms with Gasteiger partial charge in [-0.25, -0.2) is 4.98 Å². The molecule has 0 amide bonds. The lowest BCUT2D eigenvalue weighted by molar-refractivity contribution is -0.712. The molecule has 0 spiro atoms.